The number of nitrogens with zero attached hydrogens (tertiary/aromatic N) is 2. The van der Waals surface area contributed by atoms with Crippen molar-refractivity contribution in [3.63, 3.8) is 0 Å². The number of aromatic amines is 1. The molecule has 3 aromatic rings. The van der Waals surface area contributed by atoms with Crippen LogP contribution in [0.4, 0.5) is 0 Å². The van der Waals surface area contributed by atoms with E-state index in [0.717, 1.165) is 61.4 Å². The summed E-state index contributed by atoms with van der Waals surface area (Å²) in [6.45, 7) is 5.19. The number of hydrogen-bond donors (Lipinski definition) is 1. The lowest BCUT2D eigenvalue weighted by atomic mass is 10.1. The summed E-state index contributed by atoms with van der Waals surface area (Å²) in [5.74, 6) is 2.43. The Kier molecular flexibility index (Phi) is 5.67. The number of aromatic nitrogens is 2. The predicted molar refractivity (Wildman–Crippen MR) is 103 cm³/mol. The topological polar surface area (TPSA) is 59.6 Å². The maximum Gasteiger partial charge on any atom is 0.127 e. The van der Waals surface area contributed by atoms with Gasteiger partial charge in [-0.3, -0.25) is 10.00 Å². The normalized spacial score (nSPS) is 14.8. The lowest BCUT2D eigenvalue weighted by Crippen LogP contribution is -2.38. The second-order valence-electron chi connectivity index (χ2n) is 6.37. The molecule has 1 aliphatic rings. The van der Waals surface area contributed by atoms with Crippen molar-refractivity contribution < 1.29 is 14.2 Å². The summed E-state index contributed by atoms with van der Waals surface area (Å²) >= 11 is 0. The van der Waals surface area contributed by atoms with Crippen LogP contribution in [0.5, 0.6) is 17.2 Å². The third-order valence-electron chi connectivity index (χ3n) is 4.51. The van der Waals surface area contributed by atoms with Crippen LogP contribution in [-0.2, 0) is 4.74 Å². The molecule has 6 nitrogen and oxygen atoms in total. The molecule has 0 saturated carbocycles. The maximum absolute atomic E-state index is 5.90. The van der Waals surface area contributed by atoms with Crippen LogP contribution in [0.25, 0.3) is 11.3 Å². The van der Waals surface area contributed by atoms with E-state index in [4.69, 9.17) is 14.2 Å². The number of H-pyrrole nitrogens is 1. The quantitative estimate of drug-likeness (QED) is 0.693. The van der Waals surface area contributed by atoms with Crippen molar-refractivity contribution in [1.82, 2.24) is 15.1 Å². The van der Waals surface area contributed by atoms with E-state index in [-0.39, 0.29) is 0 Å². The molecule has 1 saturated heterocycles. The van der Waals surface area contributed by atoms with E-state index in [1.165, 1.54) is 0 Å². The first-order valence-corrected chi connectivity index (χ1v) is 9.17. The van der Waals surface area contributed by atoms with Crippen LogP contribution in [-0.4, -0.2) is 54.6 Å². The van der Waals surface area contributed by atoms with Gasteiger partial charge in [0.1, 0.15) is 23.9 Å². The number of morpholine rings is 1. The molecule has 0 bridgehead atoms. The fraction of sp³-hybridized carbons (Fsp3) is 0.286. The molecule has 2 heterocycles. The zero-order chi connectivity index (χ0) is 18.3. The van der Waals surface area contributed by atoms with Gasteiger partial charge in [-0.2, -0.15) is 5.10 Å². The highest BCUT2D eigenvalue weighted by molar-refractivity contribution is 5.59. The summed E-state index contributed by atoms with van der Waals surface area (Å²) in [7, 11) is 0. The van der Waals surface area contributed by atoms with Crippen LogP contribution < -0.4 is 9.47 Å². The second kappa shape index (κ2) is 8.70. The van der Waals surface area contributed by atoms with E-state index in [0.29, 0.717) is 6.61 Å². The molecular formula is C21H23N3O3. The Hall–Kier alpha value is -2.83. The molecule has 2 aromatic carbocycles. The third kappa shape index (κ3) is 4.87. The fourth-order valence-corrected chi connectivity index (χ4v) is 2.98. The van der Waals surface area contributed by atoms with Crippen LogP contribution in [0.2, 0.25) is 0 Å². The summed E-state index contributed by atoms with van der Waals surface area (Å²) < 4.78 is 17.1. The van der Waals surface area contributed by atoms with Crippen LogP contribution >= 0.6 is 0 Å². The van der Waals surface area contributed by atoms with Crippen molar-refractivity contribution in [2.45, 2.75) is 0 Å². The molecule has 1 aliphatic heterocycles. The van der Waals surface area contributed by atoms with E-state index in [9.17, 15) is 0 Å². The molecule has 27 heavy (non-hydrogen) atoms. The minimum atomic E-state index is 0.676. The number of rotatable bonds is 7. The molecule has 1 aromatic heterocycles. The van der Waals surface area contributed by atoms with E-state index >= 15 is 0 Å². The largest absolute Gasteiger partial charge is 0.492 e. The molecular weight excluding hydrogens is 342 g/mol. The number of nitrogens with one attached hydrogen (secondary N) is 1. The number of benzene rings is 2. The van der Waals surface area contributed by atoms with Crippen LogP contribution in [0.1, 0.15) is 0 Å². The first-order chi connectivity index (χ1) is 13.4. The molecule has 0 amide bonds. The summed E-state index contributed by atoms with van der Waals surface area (Å²) in [5, 5.41) is 6.92. The molecule has 1 N–H and O–H groups in total. The fourth-order valence-electron chi connectivity index (χ4n) is 2.98. The van der Waals surface area contributed by atoms with E-state index in [2.05, 4.69) is 15.1 Å². The van der Waals surface area contributed by atoms with Gasteiger partial charge < -0.3 is 14.2 Å². The van der Waals surface area contributed by atoms with Gasteiger partial charge >= 0.3 is 0 Å². The lowest BCUT2D eigenvalue weighted by molar-refractivity contribution is 0.0322. The van der Waals surface area contributed by atoms with Crippen molar-refractivity contribution in [1.29, 1.82) is 0 Å². The van der Waals surface area contributed by atoms with Gasteiger partial charge in [0.25, 0.3) is 0 Å². The van der Waals surface area contributed by atoms with Gasteiger partial charge in [-0.15, -0.1) is 0 Å². The van der Waals surface area contributed by atoms with Crippen molar-refractivity contribution in [3.8, 4) is 28.5 Å². The molecule has 140 valence electrons. The summed E-state index contributed by atoms with van der Waals surface area (Å²) in [5.41, 5.74) is 2.06. The molecule has 6 heteroatoms. The molecule has 1 fully saturated rings. The van der Waals surface area contributed by atoms with Gasteiger partial charge in [-0.25, -0.2) is 0 Å². The standard InChI is InChI=1S/C21H23N3O3/c1-3-19(4-2-17(1)21-9-10-22-23-21)27-20-7-5-18(6-8-20)26-16-13-24-11-14-25-15-12-24/h1-10H,11-16H2,(H,22,23). The average molecular weight is 365 g/mol. The first-order valence-electron chi connectivity index (χ1n) is 9.17. The predicted octanol–water partition coefficient (Wildman–Crippen LogP) is 3.58. The Morgan fingerprint density at radius 2 is 1.56 bits per heavy atom. The van der Waals surface area contributed by atoms with E-state index in [1.807, 2.05) is 54.6 Å². The van der Waals surface area contributed by atoms with Crippen LogP contribution in [0.3, 0.4) is 0 Å². The second-order valence-corrected chi connectivity index (χ2v) is 6.37. The maximum atomic E-state index is 5.90. The molecule has 0 aliphatic carbocycles. The van der Waals surface area contributed by atoms with Gasteiger partial charge in [0.2, 0.25) is 0 Å². The van der Waals surface area contributed by atoms with Crippen molar-refractivity contribution >= 4 is 0 Å². The van der Waals surface area contributed by atoms with E-state index < -0.39 is 0 Å². The molecule has 0 radical (unpaired) electrons. The highest BCUT2D eigenvalue weighted by Gasteiger charge is 2.09. The zero-order valence-electron chi connectivity index (χ0n) is 15.1. The van der Waals surface area contributed by atoms with Gasteiger partial charge in [0.05, 0.1) is 18.9 Å². The van der Waals surface area contributed by atoms with Crippen LogP contribution in [0.15, 0.2) is 60.8 Å². The Labute approximate surface area is 158 Å². The zero-order valence-corrected chi connectivity index (χ0v) is 15.1. The Morgan fingerprint density at radius 1 is 0.889 bits per heavy atom. The average Bonchev–Trinajstić information content (AvgIpc) is 3.26. The number of hydrogen-bond acceptors (Lipinski definition) is 5. The third-order valence-corrected chi connectivity index (χ3v) is 4.51. The number of ether oxygens (including phenoxy) is 3. The highest BCUT2D eigenvalue weighted by atomic mass is 16.5. The van der Waals surface area contributed by atoms with Gasteiger partial charge in [-0.1, -0.05) is 0 Å². The molecule has 4 rings (SSSR count). The van der Waals surface area contributed by atoms with Crippen molar-refractivity contribution in [2.75, 3.05) is 39.5 Å². The SMILES string of the molecule is c1cc(-c2ccc(Oc3ccc(OCCN4CCOCC4)cc3)cc2)[nH]n1. The molecule has 0 atom stereocenters. The Morgan fingerprint density at radius 3 is 2.22 bits per heavy atom. The summed E-state index contributed by atoms with van der Waals surface area (Å²) in [4.78, 5) is 2.36. The summed E-state index contributed by atoms with van der Waals surface area (Å²) in [6, 6.07) is 17.6. The van der Waals surface area contributed by atoms with Gasteiger partial charge in [-0.05, 0) is 60.2 Å². The highest BCUT2D eigenvalue weighted by Crippen LogP contribution is 2.26. The minimum Gasteiger partial charge on any atom is -0.492 e. The monoisotopic (exact) mass is 365 g/mol. The molecule has 0 unspecified atom stereocenters. The smallest absolute Gasteiger partial charge is 0.127 e. The van der Waals surface area contributed by atoms with Crippen LogP contribution in [0, 0.1) is 0 Å². The van der Waals surface area contributed by atoms with E-state index in [1.54, 1.807) is 6.20 Å². The minimum absolute atomic E-state index is 0.676. The molecule has 0 spiro atoms. The lowest BCUT2D eigenvalue weighted by Gasteiger charge is -2.26. The van der Waals surface area contributed by atoms with Gasteiger partial charge in [0, 0.05) is 25.8 Å². The Bertz CT molecular complexity index is 811. The van der Waals surface area contributed by atoms with Gasteiger partial charge in [0.15, 0.2) is 0 Å². The van der Waals surface area contributed by atoms with Crippen molar-refractivity contribution in [2.24, 2.45) is 0 Å². The summed E-state index contributed by atoms with van der Waals surface area (Å²) in [6.07, 6.45) is 1.74. The Balaban J connectivity index is 1.27. The van der Waals surface area contributed by atoms with Crippen molar-refractivity contribution in [3.05, 3.63) is 60.8 Å². The first kappa shape index (κ1) is 17.6.